The van der Waals surface area contributed by atoms with Gasteiger partial charge in [0.05, 0.1) is 6.42 Å². The van der Waals surface area contributed by atoms with E-state index in [4.69, 9.17) is 5.90 Å². The molecule has 0 bridgehead atoms. The summed E-state index contributed by atoms with van der Waals surface area (Å²) in [6.07, 6.45) is 3.41. The molecular weight excluding hydrogens is 194 g/mol. The lowest BCUT2D eigenvalue weighted by Gasteiger charge is -2.28. The maximum absolute atomic E-state index is 11.6. The Balaban J connectivity index is 4.64. The van der Waals surface area contributed by atoms with Gasteiger partial charge in [-0.2, -0.15) is 5.90 Å². The highest BCUT2D eigenvalue weighted by molar-refractivity contribution is 5.87. The second-order valence-electron chi connectivity index (χ2n) is 3.96. The second-order valence-corrected chi connectivity index (χ2v) is 3.96. The summed E-state index contributed by atoms with van der Waals surface area (Å²) in [7, 11) is 0. The molecule has 0 aromatic heterocycles. The molecule has 0 saturated carbocycles. The molecule has 0 saturated heterocycles. The Bertz CT molecular complexity index is 228. The fourth-order valence-electron chi connectivity index (χ4n) is 1.77. The van der Waals surface area contributed by atoms with Crippen LogP contribution in [0.1, 0.15) is 52.9 Å². The molecule has 4 heteroatoms. The fourth-order valence-corrected chi connectivity index (χ4v) is 1.77. The molecule has 0 heterocycles. The monoisotopic (exact) mass is 215 g/mol. The number of nitrogens with two attached hydrogens (primary N) is 1. The van der Waals surface area contributed by atoms with E-state index in [1.54, 1.807) is 0 Å². The minimum absolute atomic E-state index is 0.0452. The number of unbranched alkanes of at least 4 members (excludes halogenated alkanes) is 1. The zero-order chi connectivity index (χ0) is 11.9. The van der Waals surface area contributed by atoms with Gasteiger partial charge in [-0.15, -0.1) is 0 Å². The average Bonchev–Trinajstić information content (AvgIpc) is 2.23. The van der Waals surface area contributed by atoms with E-state index in [0.29, 0.717) is 6.42 Å². The first-order valence-corrected chi connectivity index (χ1v) is 5.43. The van der Waals surface area contributed by atoms with E-state index in [1.807, 2.05) is 6.92 Å². The first-order chi connectivity index (χ1) is 7.02. The minimum atomic E-state index is -0.577. The first kappa shape index (κ1) is 14.1. The molecular formula is C11H21NO3. The average molecular weight is 215 g/mol. The molecule has 0 amide bonds. The molecule has 0 spiro atoms. The van der Waals surface area contributed by atoms with Gasteiger partial charge in [-0.25, -0.2) is 0 Å². The number of rotatable bonds is 7. The van der Waals surface area contributed by atoms with E-state index in [-0.39, 0.29) is 12.2 Å². The molecule has 0 aliphatic carbocycles. The van der Waals surface area contributed by atoms with Crippen LogP contribution in [0, 0.1) is 5.41 Å². The summed E-state index contributed by atoms with van der Waals surface area (Å²) in [6.45, 7) is 5.51. The third-order valence-corrected chi connectivity index (χ3v) is 3.05. The third-order valence-electron chi connectivity index (χ3n) is 3.05. The fraction of sp³-hybridized carbons (Fsp3) is 0.818. The molecule has 0 radical (unpaired) electrons. The zero-order valence-corrected chi connectivity index (χ0v) is 9.84. The van der Waals surface area contributed by atoms with E-state index in [2.05, 4.69) is 11.8 Å². The maximum atomic E-state index is 11.6. The molecule has 0 fully saturated rings. The minimum Gasteiger partial charge on any atom is -0.373 e. The summed E-state index contributed by atoms with van der Waals surface area (Å²) in [4.78, 5) is 26.9. The van der Waals surface area contributed by atoms with E-state index in [0.717, 1.165) is 19.3 Å². The number of carbonyl (C=O) groups excluding carboxylic acids is 2. The molecule has 0 aromatic rings. The molecule has 0 aromatic carbocycles. The summed E-state index contributed by atoms with van der Waals surface area (Å²) in [6, 6.07) is 0. The van der Waals surface area contributed by atoms with Crippen molar-refractivity contribution in [2.45, 2.75) is 52.9 Å². The van der Waals surface area contributed by atoms with E-state index in [9.17, 15) is 9.59 Å². The second kappa shape index (κ2) is 6.56. The number of carbonyl (C=O) groups is 2. The molecule has 1 unspecified atom stereocenters. The molecule has 0 aliphatic rings. The van der Waals surface area contributed by atoms with Crippen LogP contribution in [0.5, 0.6) is 0 Å². The summed E-state index contributed by atoms with van der Waals surface area (Å²) in [5.74, 6) is 4.34. The van der Waals surface area contributed by atoms with Gasteiger partial charge in [0.15, 0.2) is 0 Å². The van der Waals surface area contributed by atoms with Crippen molar-refractivity contribution in [1.29, 1.82) is 0 Å². The quantitative estimate of drug-likeness (QED) is 0.659. The molecule has 0 aliphatic heterocycles. The Kier molecular flexibility index (Phi) is 6.17. The number of Topliss-reactive ketones (excluding diaryl/α,β-unsaturated/α-hetero) is 1. The van der Waals surface area contributed by atoms with Crippen molar-refractivity contribution < 1.29 is 14.4 Å². The standard InChI is InChI=1S/C11H21NO3/c1-4-6-7-11(5-2,9(3)13)8-10(14)15-12/h4-8,12H2,1-3H3. The highest BCUT2D eigenvalue weighted by Crippen LogP contribution is 2.34. The van der Waals surface area contributed by atoms with E-state index >= 15 is 0 Å². The van der Waals surface area contributed by atoms with Gasteiger partial charge < -0.3 is 4.84 Å². The van der Waals surface area contributed by atoms with Gasteiger partial charge in [-0.3, -0.25) is 9.59 Å². The molecule has 0 rings (SSSR count). The summed E-state index contributed by atoms with van der Waals surface area (Å²) >= 11 is 0. The predicted octanol–water partition coefficient (Wildman–Crippen LogP) is 1.97. The summed E-state index contributed by atoms with van der Waals surface area (Å²) in [5, 5.41) is 0. The number of hydrogen-bond donors (Lipinski definition) is 1. The summed E-state index contributed by atoms with van der Waals surface area (Å²) < 4.78 is 0. The third kappa shape index (κ3) is 4.00. The summed E-state index contributed by atoms with van der Waals surface area (Å²) in [5.41, 5.74) is -0.577. The number of hydrogen-bond acceptors (Lipinski definition) is 4. The largest absolute Gasteiger partial charge is 0.373 e. The van der Waals surface area contributed by atoms with Gasteiger partial charge >= 0.3 is 5.97 Å². The Labute approximate surface area is 91.1 Å². The van der Waals surface area contributed by atoms with Crippen molar-refractivity contribution in [3.05, 3.63) is 0 Å². The zero-order valence-electron chi connectivity index (χ0n) is 9.84. The normalized spacial score (nSPS) is 14.4. The Morgan fingerprint density at radius 2 is 1.93 bits per heavy atom. The highest BCUT2D eigenvalue weighted by Gasteiger charge is 2.35. The van der Waals surface area contributed by atoms with E-state index in [1.165, 1.54) is 6.92 Å². The predicted molar refractivity (Wildman–Crippen MR) is 57.8 cm³/mol. The van der Waals surface area contributed by atoms with Gasteiger partial charge in [0.2, 0.25) is 0 Å². The van der Waals surface area contributed by atoms with Gasteiger partial charge in [-0.1, -0.05) is 26.7 Å². The SMILES string of the molecule is CCCCC(CC)(CC(=O)ON)C(C)=O. The van der Waals surface area contributed by atoms with Crippen LogP contribution in [-0.2, 0) is 14.4 Å². The van der Waals surface area contributed by atoms with Crippen molar-refractivity contribution in [2.75, 3.05) is 0 Å². The Morgan fingerprint density at radius 1 is 1.33 bits per heavy atom. The Hall–Kier alpha value is -0.900. The molecule has 4 nitrogen and oxygen atoms in total. The van der Waals surface area contributed by atoms with Crippen LogP contribution in [0.15, 0.2) is 0 Å². The van der Waals surface area contributed by atoms with Crippen molar-refractivity contribution in [1.82, 2.24) is 0 Å². The van der Waals surface area contributed by atoms with Crippen molar-refractivity contribution in [3.8, 4) is 0 Å². The van der Waals surface area contributed by atoms with Crippen molar-refractivity contribution >= 4 is 11.8 Å². The van der Waals surface area contributed by atoms with Gasteiger partial charge in [0.1, 0.15) is 5.78 Å². The van der Waals surface area contributed by atoms with Crippen LogP contribution >= 0.6 is 0 Å². The number of ketones is 1. The van der Waals surface area contributed by atoms with Crippen LogP contribution < -0.4 is 5.90 Å². The van der Waals surface area contributed by atoms with Gasteiger partial charge in [-0.05, 0) is 19.8 Å². The first-order valence-electron chi connectivity index (χ1n) is 5.43. The lowest BCUT2D eigenvalue weighted by atomic mass is 9.74. The van der Waals surface area contributed by atoms with Gasteiger partial charge in [0, 0.05) is 5.41 Å². The van der Waals surface area contributed by atoms with Crippen LogP contribution in [-0.4, -0.2) is 11.8 Å². The molecule has 1 atom stereocenters. The van der Waals surface area contributed by atoms with E-state index < -0.39 is 11.4 Å². The smallest absolute Gasteiger partial charge is 0.325 e. The van der Waals surface area contributed by atoms with Crippen LogP contribution in [0.3, 0.4) is 0 Å². The molecule has 15 heavy (non-hydrogen) atoms. The topological polar surface area (TPSA) is 69.4 Å². The highest BCUT2D eigenvalue weighted by atomic mass is 16.7. The molecule has 88 valence electrons. The van der Waals surface area contributed by atoms with Crippen molar-refractivity contribution in [3.63, 3.8) is 0 Å². The lowest BCUT2D eigenvalue weighted by Crippen LogP contribution is -2.32. The van der Waals surface area contributed by atoms with Crippen LogP contribution in [0.2, 0.25) is 0 Å². The lowest BCUT2D eigenvalue weighted by molar-refractivity contribution is -0.150. The van der Waals surface area contributed by atoms with Crippen molar-refractivity contribution in [2.24, 2.45) is 11.3 Å². The maximum Gasteiger partial charge on any atom is 0.325 e. The van der Waals surface area contributed by atoms with Crippen LogP contribution in [0.25, 0.3) is 0 Å². The molecule has 2 N–H and O–H groups in total. The Morgan fingerprint density at radius 3 is 2.27 bits per heavy atom. The van der Waals surface area contributed by atoms with Crippen LogP contribution in [0.4, 0.5) is 0 Å². The van der Waals surface area contributed by atoms with Gasteiger partial charge in [0.25, 0.3) is 0 Å².